The SMILES string of the molecule is COCCn1cccc(Nc2nc(Nc3ccc4[nH]ncc4c3)ncc2Br)c1=O. The first-order chi connectivity index (χ1) is 14.1. The van der Waals surface area contributed by atoms with Gasteiger partial charge in [0.1, 0.15) is 5.69 Å². The van der Waals surface area contributed by atoms with Gasteiger partial charge < -0.3 is 19.9 Å². The van der Waals surface area contributed by atoms with E-state index in [9.17, 15) is 4.79 Å². The maximum atomic E-state index is 12.6. The number of methoxy groups -OCH3 is 1. The van der Waals surface area contributed by atoms with Crippen LogP contribution < -0.4 is 16.2 Å². The van der Waals surface area contributed by atoms with Crippen molar-refractivity contribution in [3.8, 4) is 0 Å². The zero-order valence-electron chi connectivity index (χ0n) is 15.5. The normalized spacial score (nSPS) is 11.0. The van der Waals surface area contributed by atoms with Crippen molar-refractivity contribution < 1.29 is 4.74 Å². The Balaban J connectivity index is 1.58. The van der Waals surface area contributed by atoms with Crippen molar-refractivity contribution in [3.05, 3.63) is 63.7 Å². The molecule has 3 heterocycles. The number of aromatic nitrogens is 5. The molecule has 0 aliphatic rings. The molecule has 0 atom stereocenters. The van der Waals surface area contributed by atoms with E-state index in [1.807, 2.05) is 18.2 Å². The van der Waals surface area contributed by atoms with Gasteiger partial charge in [-0.15, -0.1) is 0 Å². The minimum absolute atomic E-state index is 0.157. The molecule has 0 aliphatic heterocycles. The van der Waals surface area contributed by atoms with Gasteiger partial charge in [-0.05, 0) is 46.3 Å². The summed E-state index contributed by atoms with van der Waals surface area (Å²) < 4.78 is 7.27. The highest BCUT2D eigenvalue weighted by Gasteiger charge is 2.10. The van der Waals surface area contributed by atoms with Crippen molar-refractivity contribution in [1.29, 1.82) is 0 Å². The second-order valence-corrected chi connectivity index (χ2v) is 7.08. The number of fused-ring (bicyclic) bond motifs is 1. The molecule has 0 aliphatic carbocycles. The van der Waals surface area contributed by atoms with Gasteiger partial charge in [0.2, 0.25) is 5.95 Å². The van der Waals surface area contributed by atoms with Crippen molar-refractivity contribution in [3.63, 3.8) is 0 Å². The Kier molecular flexibility index (Phi) is 5.54. The first-order valence-corrected chi connectivity index (χ1v) is 9.61. The fraction of sp³-hybridized carbons (Fsp3) is 0.158. The number of anilines is 4. The average Bonchev–Trinajstić information content (AvgIpc) is 3.19. The molecule has 10 heteroatoms. The van der Waals surface area contributed by atoms with Crippen LogP contribution in [0.5, 0.6) is 0 Å². The second-order valence-electron chi connectivity index (χ2n) is 6.23. The Bertz CT molecular complexity index is 1200. The van der Waals surface area contributed by atoms with Crippen LogP contribution in [0.3, 0.4) is 0 Å². The van der Waals surface area contributed by atoms with Gasteiger partial charge in [-0.1, -0.05) is 0 Å². The first kappa shape index (κ1) is 19.1. The number of hydrogen-bond donors (Lipinski definition) is 3. The number of rotatable bonds is 7. The monoisotopic (exact) mass is 455 g/mol. The summed E-state index contributed by atoms with van der Waals surface area (Å²) >= 11 is 3.43. The van der Waals surface area contributed by atoms with Crippen LogP contribution >= 0.6 is 15.9 Å². The van der Waals surface area contributed by atoms with E-state index in [0.29, 0.717) is 35.1 Å². The summed E-state index contributed by atoms with van der Waals surface area (Å²) in [5.74, 6) is 0.877. The molecule has 148 valence electrons. The van der Waals surface area contributed by atoms with Crippen LogP contribution in [0.4, 0.5) is 23.1 Å². The van der Waals surface area contributed by atoms with Gasteiger partial charge in [0.25, 0.3) is 5.56 Å². The van der Waals surface area contributed by atoms with Crippen molar-refractivity contribution in [2.24, 2.45) is 0 Å². The van der Waals surface area contributed by atoms with Gasteiger partial charge in [-0.25, -0.2) is 4.98 Å². The van der Waals surface area contributed by atoms with E-state index in [2.05, 4.69) is 46.7 Å². The molecule has 0 bridgehead atoms. The molecule has 29 heavy (non-hydrogen) atoms. The van der Waals surface area contributed by atoms with E-state index in [-0.39, 0.29) is 5.56 Å². The molecule has 0 spiro atoms. The van der Waals surface area contributed by atoms with E-state index < -0.39 is 0 Å². The third-order valence-electron chi connectivity index (χ3n) is 4.25. The Morgan fingerprint density at radius 2 is 2.14 bits per heavy atom. The van der Waals surface area contributed by atoms with Crippen LogP contribution in [-0.2, 0) is 11.3 Å². The molecule has 4 aromatic rings. The number of benzene rings is 1. The fourth-order valence-electron chi connectivity index (χ4n) is 2.79. The summed E-state index contributed by atoms with van der Waals surface area (Å²) in [5.41, 5.74) is 2.03. The molecule has 0 amide bonds. The summed E-state index contributed by atoms with van der Waals surface area (Å²) in [6, 6.07) is 9.29. The summed E-state index contributed by atoms with van der Waals surface area (Å²) in [7, 11) is 1.60. The van der Waals surface area contributed by atoms with Crippen LogP contribution in [0.15, 0.2) is 58.2 Å². The van der Waals surface area contributed by atoms with Crippen LogP contribution in [0.1, 0.15) is 0 Å². The molecule has 3 aromatic heterocycles. The smallest absolute Gasteiger partial charge is 0.274 e. The van der Waals surface area contributed by atoms with Crippen molar-refractivity contribution in [1.82, 2.24) is 24.7 Å². The molecule has 4 rings (SSSR count). The van der Waals surface area contributed by atoms with Gasteiger partial charge >= 0.3 is 0 Å². The van der Waals surface area contributed by atoms with E-state index >= 15 is 0 Å². The molecule has 1 aromatic carbocycles. The third-order valence-corrected chi connectivity index (χ3v) is 4.83. The average molecular weight is 456 g/mol. The minimum atomic E-state index is -0.157. The number of ether oxygens (including phenoxy) is 1. The summed E-state index contributed by atoms with van der Waals surface area (Å²) in [6.07, 6.45) is 5.10. The first-order valence-electron chi connectivity index (χ1n) is 8.82. The number of H-pyrrole nitrogens is 1. The summed E-state index contributed by atoms with van der Waals surface area (Å²) in [6.45, 7) is 0.925. The summed E-state index contributed by atoms with van der Waals surface area (Å²) in [4.78, 5) is 21.4. The molecule has 0 radical (unpaired) electrons. The van der Waals surface area contributed by atoms with Crippen molar-refractivity contribution in [2.75, 3.05) is 24.4 Å². The number of nitrogens with zero attached hydrogens (tertiary/aromatic N) is 4. The van der Waals surface area contributed by atoms with E-state index in [1.54, 1.807) is 42.4 Å². The molecule has 0 saturated heterocycles. The maximum absolute atomic E-state index is 12.6. The molecular weight excluding hydrogens is 438 g/mol. The lowest BCUT2D eigenvalue weighted by molar-refractivity contribution is 0.186. The van der Waals surface area contributed by atoms with Crippen molar-refractivity contribution >= 4 is 50.0 Å². The number of halogens is 1. The largest absolute Gasteiger partial charge is 0.383 e. The summed E-state index contributed by atoms with van der Waals surface area (Å²) in [5, 5.41) is 14.2. The predicted octanol–water partition coefficient (Wildman–Crippen LogP) is 3.41. The Labute approximate surface area is 174 Å². The molecule has 0 saturated carbocycles. The number of aromatic amines is 1. The Morgan fingerprint density at radius 1 is 1.24 bits per heavy atom. The highest BCUT2D eigenvalue weighted by atomic mass is 79.9. The predicted molar refractivity (Wildman–Crippen MR) is 115 cm³/mol. The fourth-order valence-corrected chi connectivity index (χ4v) is 3.08. The van der Waals surface area contributed by atoms with E-state index in [1.165, 1.54) is 0 Å². The molecule has 0 unspecified atom stereocenters. The Morgan fingerprint density at radius 3 is 3.00 bits per heavy atom. The second kappa shape index (κ2) is 8.41. The van der Waals surface area contributed by atoms with Crippen LogP contribution in [0.2, 0.25) is 0 Å². The van der Waals surface area contributed by atoms with Crippen molar-refractivity contribution in [2.45, 2.75) is 6.54 Å². The quantitative estimate of drug-likeness (QED) is 0.391. The Hall–Kier alpha value is -3.24. The molecule has 3 N–H and O–H groups in total. The highest BCUT2D eigenvalue weighted by Crippen LogP contribution is 2.25. The lowest BCUT2D eigenvalue weighted by atomic mass is 10.2. The third kappa shape index (κ3) is 4.28. The van der Waals surface area contributed by atoms with Gasteiger partial charge in [0.05, 0.1) is 22.8 Å². The van der Waals surface area contributed by atoms with E-state index in [0.717, 1.165) is 16.6 Å². The maximum Gasteiger partial charge on any atom is 0.274 e. The van der Waals surface area contributed by atoms with E-state index in [4.69, 9.17) is 4.74 Å². The van der Waals surface area contributed by atoms with Gasteiger partial charge in [0.15, 0.2) is 5.82 Å². The number of pyridine rings is 1. The minimum Gasteiger partial charge on any atom is -0.383 e. The molecular formula is C19H18BrN7O2. The zero-order chi connectivity index (χ0) is 20.2. The topological polar surface area (TPSA) is 110 Å². The molecule has 0 fully saturated rings. The van der Waals surface area contributed by atoms with Gasteiger partial charge in [0, 0.05) is 37.1 Å². The van der Waals surface area contributed by atoms with Gasteiger partial charge in [-0.3, -0.25) is 9.89 Å². The lowest BCUT2D eigenvalue weighted by Gasteiger charge is -2.12. The molecule has 9 nitrogen and oxygen atoms in total. The van der Waals surface area contributed by atoms with Crippen LogP contribution in [-0.4, -0.2) is 38.4 Å². The van der Waals surface area contributed by atoms with Gasteiger partial charge in [-0.2, -0.15) is 10.1 Å². The number of hydrogen-bond acceptors (Lipinski definition) is 7. The zero-order valence-corrected chi connectivity index (χ0v) is 17.1. The van der Waals surface area contributed by atoms with Crippen LogP contribution in [0, 0.1) is 0 Å². The standard InChI is InChI=1S/C19H18BrN7O2/c1-29-8-7-27-6-2-3-16(18(27)28)24-17-14(20)11-21-19(25-17)23-13-4-5-15-12(9-13)10-22-26-15/h2-6,9-11H,7-8H2,1H3,(H,22,26)(H2,21,23,24,25). The lowest BCUT2D eigenvalue weighted by Crippen LogP contribution is -2.23. The van der Waals surface area contributed by atoms with Crippen LogP contribution in [0.25, 0.3) is 10.9 Å². The highest BCUT2D eigenvalue weighted by molar-refractivity contribution is 9.10. The number of nitrogens with one attached hydrogen (secondary N) is 3.